The summed E-state index contributed by atoms with van der Waals surface area (Å²) >= 11 is 0. The number of piperidine rings is 1. The van der Waals surface area contributed by atoms with Crippen molar-refractivity contribution < 1.29 is 8.42 Å². The zero-order valence-corrected chi connectivity index (χ0v) is 12.4. The Morgan fingerprint density at radius 1 is 1.33 bits per heavy atom. The first-order valence-electron chi connectivity index (χ1n) is 6.80. The average molecular weight is 275 g/mol. The van der Waals surface area contributed by atoms with Crippen LogP contribution in [0.25, 0.3) is 0 Å². The molecule has 0 radical (unpaired) electrons. The Balaban J connectivity index is 2.02. The number of rotatable bonds is 5. The molecule has 1 aliphatic carbocycles. The van der Waals surface area contributed by atoms with Crippen molar-refractivity contribution in [1.29, 1.82) is 0 Å². The third-order valence-electron chi connectivity index (χ3n) is 4.13. The summed E-state index contributed by atoms with van der Waals surface area (Å²) in [4.78, 5) is 0. The largest absolute Gasteiger partial charge is 0.318 e. The first kappa shape index (κ1) is 14.2. The van der Waals surface area contributed by atoms with Crippen molar-refractivity contribution in [2.45, 2.75) is 51.6 Å². The molecule has 1 saturated carbocycles. The minimum Gasteiger partial charge on any atom is -0.318 e. The van der Waals surface area contributed by atoms with Crippen molar-refractivity contribution in [1.82, 2.24) is 14.3 Å². The molecule has 2 aliphatic rings. The molecule has 0 aromatic heterocycles. The van der Waals surface area contributed by atoms with Crippen LogP contribution < -0.4 is 10.0 Å². The van der Waals surface area contributed by atoms with Gasteiger partial charge in [-0.25, -0.2) is 0 Å². The van der Waals surface area contributed by atoms with Crippen LogP contribution in [0.5, 0.6) is 0 Å². The fourth-order valence-corrected chi connectivity index (χ4v) is 4.49. The summed E-state index contributed by atoms with van der Waals surface area (Å²) in [7, 11) is -1.45. The third-order valence-corrected chi connectivity index (χ3v) is 5.81. The van der Waals surface area contributed by atoms with Gasteiger partial charge in [-0.05, 0) is 31.7 Å². The molecule has 1 heterocycles. The van der Waals surface area contributed by atoms with E-state index in [-0.39, 0.29) is 17.5 Å². The molecular formula is C12H25N3O2S. The number of hydrogen-bond acceptors (Lipinski definition) is 3. The van der Waals surface area contributed by atoms with Crippen LogP contribution in [0, 0.1) is 5.41 Å². The molecule has 0 amide bonds. The Morgan fingerprint density at radius 2 is 2.00 bits per heavy atom. The molecule has 106 valence electrons. The third kappa shape index (κ3) is 3.04. The highest BCUT2D eigenvalue weighted by Gasteiger charge is 2.49. The molecule has 6 heteroatoms. The monoisotopic (exact) mass is 275 g/mol. The van der Waals surface area contributed by atoms with Crippen molar-refractivity contribution in [3.63, 3.8) is 0 Å². The molecule has 0 aromatic carbocycles. The van der Waals surface area contributed by atoms with Crippen molar-refractivity contribution in [2.75, 3.05) is 20.1 Å². The Labute approximate surface area is 110 Å². The first-order valence-corrected chi connectivity index (χ1v) is 8.24. The van der Waals surface area contributed by atoms with Crippen molar-refractivity contribution in [2.24, 2.45) is 5.41 Å². The summed E-state index contributed by atoms with van der Waals surface area (Å²) < 4.78 is 29.3. The van der Waals surface area contributed by atoms with Gasteiger partial charge in [0.05, 0.1) is 0 Å². The van der Waals surface area contributed by atoms with Crippen LogP contribution in [-0.4, -0.2) is 44.9 Å². The molecule has 0 spiro atoms. The highest BCUT2D eigenvalue weighted by Crippen LogP contribution is 2.45. The predicted octanol–water partition coefficient (Wildman–Crippen LogP) is 0.693. The van der Waals surface area contributed by atoms with Crippen LogP contribution in [0.3, 0.4) is 0 Å². The Bertz CT molecular complexity index is 392. The molecule has 2 unspecified atom stereocenters. The first-order chi connectivity index (χ1) is 8.37. The average Bonchev–Trinajstić information content (AvgIpc) is 2.86. The summed E-state index contributed by atoms with van der Waals surface area (Å²) in [5, 5.41) is 3.09. The SMILES string of the molecule is CNCC1CCCCN1S(=O)(=O)NC1CC1(C)C. The lowest BCUT2D eigenvalue weighted by atomic mass is 10.1. The molecule has 1 saturated heterocycles. The standard InChI is InChI=1S/C12H25N3O2S/c1-12(2)8-11(12)14-18(16,17)15-7-5-4-6-10(15)9-13-3/h10-11,13-14H,4-9H2,1-3H3. The number of hydrogen-bond donors (Lipinski definition) is 2. The minimum absolute atomic E-state index is 0.100. The normalized spacial score (nSPS) is 32.4. The highest BCUT2D eigenvalue weighted by molar-refractivity contribution is 7.87. The summed E-state index contributed by atoms with van der Waals surface area (Å²) in [6.45, 7) is 5.58. The van der Waals surface area contributed by atoms with Crippen LogP contribution in [0.15, 0.2) is 0 Å². The van der Waals surface area contributed by atoms with Crippen LogP contribution >= 0.6 is 0 Å². The van der Waals surface area contributed by atoms with Gasteiger partial charge in [-0.1, -0.05) is 20.3 Å². The van der Waals surface area contributed by atoms with Crippen LogP contribution in [0.4, 0.5) is 0 Å². The number of likely N-dealkylation sites (N-methyl/N-ethyl adjacent to an activating group) is 1. The molecule has 18 heavy (non-hydrogen) atoms. The van der Waals surface area contributed by atoms with Gasteiger partial charge >= 0.3 is 0 Å². The Hall–Kier alpha value is -0.170. The van der Waals surface area contributed by atoms with Crippen LogP contribution in [0.1, 0.15) is 39.5 Å². The molecule has 0 bridgehead atoms. The maximum absolute atomic E-state index is 12.4. The van der Waals surface area contributed by atoms with E-state index >= 15 is 0 Å². The topological polar surface area (TPSA) is 61.4 Å². The second kappa shape index (κ2) is 5.07. The van der Waals surface area contributed by atoms with E-state index in [1.807, 2.05) is 7.05 Å². The van der Waals surface area contributed by atoms with E-state index in [0.29, 0.717) is 6.54 Å². The van der Waals surface area contributed by atoms with E-state index in [0.717, 1.165) is 32.2 Å². The summed E-state index contributed by atoms with van der Waals surface area (Å²) in [5.74, 6) is 0. The fourth-order valence-electron chi connectivity index (χ4n) is 2.65. The number of nitrogens with zero attached hydrogens (tertiary/aromatic N) is 1. The van der Waals surface area contributed by atoms with Gasteiger partial charge in [0, 0.05) is 25.2 Å². The Kier molecular flexibility index (Phi) is 4.02. The van der Waals surface area contributed by atoms with Crippen LogP contribution in [-0.2, 0) is 10.2 Å². The van der Waals surface area contributed by atoms with E-state index in [2.05, 4.69) is 23.9 Å². The van der Waals surface area contributed by atoms with E-state index in [1.165, 1.54) is 0 Å². The molecule has 1 aliphatic heterocycles. The van der Waals surface area contributed by atoms with Gasteiger partial charge in [0.2, 0.25) is 0 Å². The summed E-state index contributed by atoms with van der Waals surface area (Å²) in [5.41, 5.74) is 0.126. The quantitative estimate of drug-likeness (QED) is 0.776. The van der Waals surface area contributed by atoms with E-state index < -0.39 is 10.2 Å². The molecule has 5 nitrogen and oxygen atoms in total. The zero-order chi connectivity index (χ0) is 13.4. The second-order valence-corrected chi connectivity index (χ2v) is 7.84. The molecule has 0 aromatic rings. The van der Waals surface area contributed by atoms with Crippen molar-refractivity contribution in [3.05, 3.63) is 0 Å². The summed E-state index contributed by atoms with van der Waals surface area (Å²) in [6.07, 6.45) is 3.98. The maximum Gasteiger partial charge on any atom is 0.280 e. The van der Waals surface area contributed by atoms with Gasteiger partial charge in [0.15, 0.2) is 0 Å². The van der Waals surface area contributed by atoms with Gasteiger partial charge in [-0.2, -0.15) is 17.4 Å². The molecule has 2 N–H and O–H groups in total. The van der Waals surface area contributed by atoms with Gasteiger partial charge in [0.25, 0.3) is 10.2 Å². The molecular weight excluding hydrogens is 250 g/mol. The van der Waals surface area contributed by atoms with E-state index in [4.69, 9.17) is 0 Å². The lowest BCUT2D eigenvalue weighted by molar-refractivity contribution is 0.245. The molecule has 2 rings (SSSR count). The lowest BCUT2D eigenvalue weighted by Crippen LogP contribution is -2.52. The minimum atomic E-state index is -3.32. The number of nitrogens with one attached hydrogen (secondary N) is 2. The van der Waals surface area contributed by atoms with Gasteiger partial charge in [-0.15, -0.1) is 0 Å². The van der Waals surface area contributed by atoms with Crippen LogP contribution in [0.2, 0.25) is 0 Å². The Morgan fingerprint density at radius 3 is 2.56 bits per heavy atom. The van der Waals surface area contributed by atoms with Crippen molar-refractivity contribution >= 4 is 10.2 Å². The lowest BCUT2D eigenvalue weighted by Gasteiger charge is -2.34. The summed E-state index contributed by atoms with van der Waals surface area (Å²) in [6, 6.07) is 0.211. The van der Waals surface area contributed by atoms with E-state index in [1.54, 1.807) is 4.31 Å². The fraction of sp³-hybridized carbons (Fsp3) is 1.00. The predicted molar refractivity (Wildman–Crippen MR) is 72.5 cm³/mol. The van der Waals surface area contributed by atoms with Gasteiger partial charge < -0.3 is 5.32 Å². The second-order valence-electron chi connectivity index (χ2n) is 6.19. The smallest absolute Gasteiger partial charge is 0.280 e. The maximum atomic E-state index is 12.4. The van der Waals surface area contributed by atoms with E-state index in [9.17, 15) is 8.42 Å². The molecule has 2 fully saturated rings. The van der Waals surface area contributed by atoms with Crippen molar-refractivity contribution in [3.8, 4) is 0 Å². The molecule has 2 atom stereocenters. The van der Waals surface area contributed by atoms with Gasteiger partial charge in [-0.3, -0.25) is 0 Å². The zero-order valence-electron chi connectivity index (χ0n) is 11.6. The van der Waals surface area contributed by atoms with Gasteiger partial charge in [0.1, 0.15) is 0 Å². The highest BCUT2D eigenvalue weighted by atomic mass is 32.2.